The number of pyridine rings is 2. The molecule has 0 N–H and O–H groups in total. The van der Waals surface area contributed by atoms with Gasteiger partial charge in [0.2, 0.25) is 0 Å². The third-order valence-electron chi connectivity index (χ3n) is 11.9. The first kappa shape index (κ1) is 33.9. The van der Waals surface area contributed by atoms with Crippen molar-refractivity contribution in [1.82, 2.24) is 9.97 Å². The molecule has 0 atom stereocenters. The van der Waals surface area contributed by atoms with Gasteiger partial charge in [-0.15, -0.1) is 11.3 Å². The van der Waals surface area contributed by atoms with E-state index in [2.05, 4.69) is 168 Å². The average molecular weight is 801 g/mol. The first-order valence-electron chi connectivity index (χ1n) is 20.3. The second kappa shape index (κ2) is 13.3. The zero-order valence-corrected chi connectivity index (χ0v) is 33.3. The molecule has 286 valence electrons. The number of thiophene rings is 1. The van der Waals surface area contributed by atoms with Crippen LogP contribution >= 0.6 is 11.3 Å². The number of benzene rings is 8. The van der Waals surface area contributed by atoms with Gasteiger partial charge in [0, 0.05) is 77.0 Å². The summed E-state index contributed by atoms with van der Waals surface area (Å²) in [6, 6.07) is 63.6. The van der Waals surface area contributed by atoms with Crippen molar-refractivity contribution >= 4 is 131 Å². The quantitative estimate of drug-likeness (QED) is 0.167. The number of rotatable bonds is 6. The normalized spacial score (nSPS) is 11.9. The Bertz CT molecular complexity index is 3620. The fourth-order valence-corrected chi connectivity index (χ4v) is 10.2. The summed E-state index contributed by atoms with van der Waals surface area (Å²) >= 11 is 1.75. The second-order valence-corrected chi connectivity index (χ2v) is 16.5. The Labute approximate surface area is 352 Å². The van der Waals surface area contributed by atoms with E-state index in [0.717, 1.165) is 120 Å². The van der Waals surface area contributed by atoms with Gasteiger partial charge in [0.1, 0.15) is 34.0 Å². The highest BCUT2D eigenvalue weighted by Gasteiger charge is 2.22. The molecular formula is C54H32N4O2S. The van der Waals surface area contributed by atoms with E-state index in [0.29, 0.717) is 0 Å². The summed E-state index contributed by atoms with van der Waals surface area (Å²) in [4.78, 5) is 14.9. The van der Waals surface area contributed by atoms with Gasteiger partial charge in [-0.05, 0) is 71.4 Å². The zero-order valence-electron chi connectivity index (χ0n) is 32.5. The van der Waals surface area contributed by atoms with Gasteiger partial charge in [0.25, 0.3) is 0 Å². The third-order valence-corrected chi connectivity index (χ3v) is 13.0. The Balaban J connectivity index is 0.981. The molecule has 0 saturated carbocycles. The molecule has 5 heterocycles. The predicted molar refractivity (Wildman–Crippen MR) is 254 cm³/mol. The summed E-state index contributed by atoms with van der Waals surface area (Å²) in [6.07, 6.45) is 4.00. The van der Waals surface area contributed by atoms with Crippen LogP contribution in [0.5, 0.6) is 0 Å². The molecule has 13 aromatic rings. The molecule has 0 spiro atoms. The van der Waals surface area contributed by atoms with Crippen LogP contribution in [0.3, 0.4) is 0 Å². The zero-order chi connectivity index (χ0) is 40.0. The minimum absolute atomic E-state index is 0.815. The lowest BCUT2D eigenvalue weighted by molar-refractivity contribution is 0.668. The number of nitrogens with zero attached hydrogens (tertiary/aromatic N) is 4. The summed E-state index contributed by atoms with van der Waals surface area (Å²) in [5.74, 6) is 1.63. The van der Waals surface area contributed by atoms with Crippen LogP contribution < -0.4 is 9.80 Å². The van der Waals surface area contributed by atoms with Crippen LogP contribution in [0.4, 0.5) is 34.4 Å². The van der Waals surface area contributed by atoms with Crippen LogP contribution in [-0.2, 0) is 0 Å². The maximum Gasteiger partial charge on any atom is 0.138 e. The Morgan fingerprint density at radius 2 is 0.754 bits per heavy atom. The average Bonchev–Trinajstić information content (AvgIpc) is 3.99. The Kier molecular flexibility index (Phi) is 7.37. The largest absolute Gasteiger partial charge is 0.456 e. The maximum absolute atomic E-state index is 6.40. The van der Waals surface area contributed by atoms with Gasteiger partial charge in [-0.1, -0.05) is 109 Å². The van der Waals surface area contributed by atoms with Crippen LogP contribution in [0.25, 0.3) is 85.6 Å². The first-order valence-corrected chi connectivity index (χ1v) is 21.1. The SMILES string of the molecule is c1ccc2c(N(c3ccc4c(c3)oc3ccccc34)c3cc4sc5cc(N(c6ccc7c(c6)oc6ccccc67)c6cccc7ccccc67)ncc5c4cn3)cccc2c1. The van der Waals surface area contributed by atoms with Crippen molar-refractivity contribution in [3.8, 4) is 0 Å². The van der Waals surface area contributed by atoms with Gasteiger partial charge >= 0.3 is 0 Å². The van der Waals surface area contributed by atoms with E-state index in [1.807, 2.05) is 36.7 Å². The van der Waals surface area contributed by atoms with Crippen LogP contribution in [-0.4, -0.2) is 9.97 Å². The number of fused-ring (bicyclic) bond motifs is 11. The number of aromatic nitrogens is 2. The molecule has 0 fully saturated rings. The van der Waals surface area contributed by atoms with Crippen molar-refractivity contribution < 1.29 is 8.83 Å². The standard InChI is InChI=1S/C54H32N4O2S/c1-3-15-37-33(11-1)13-9-19-45(37)57(35-23-25-41-39-17-5-7-21-47(39)59-49(41)27-35)53-29-51-43(31-55-53)44-32-56-54(30-52(44)61-51)58(46-20-10-14-34-12-2-4-16-38(34)46)36-24-26-42-40-18-6-8-22-48(40)60-50(42)28-36/h1-32H. The van der Waals surface area contributed by atoms with Gasteiger partial charge in [0.15, 0.2) is 0 Å². The number of anilines is 6. The van der Waals surface area contributed by atoms with Gasteiger partial charge in [-0.25, -0.2) is 9.97 Å². The monoisotopic (exact) mass is 800 g/mol. The highest BCUT2D eigenvalue weighted by atomic mass is 32.1. The van der Waals surface area contributed by atoms with E-state index in [4.69, 9.17) is 18.8 Å². The molecule has 0 bridgehead atoms. The number of hydrogen-bond acceptors (Lipinski definition) is 7. The Hall–Kier alpha value is -8.00. The number of para-hydroxylation sites is 2. The van der Waals surface area contributed by atoms with E-state index >= 15 is 0 Å². The molecule has 0 aliphatic carbocycles. The second-order valence-electron chi connectivity index (χ2n) is 15.4. The molecule has 7 heteroatoms. The van der Waals surface area contributed by atoms with Crippen molar-refractivity contribution in [2.75, 3.05) is 9.80 Å². The Morgan fingerprint density at radius 1 is 0.344 bits per heavy atom. The highest BCUT2D eigenvalue weighted by molar-refractivity contribution is 7.25. The third kappa shape index (κ3) is 5.34. The molecule has 5 aromatic heterocycles. The molecule has 13 rings (SSSR count). The van der Waals surface area contributed by atoms with Crippen molar-refractivity contribution in [2.24, 2.45) is 0 Å². The minimum atomic E-state index is 0.815. The van der Waals surface area contributed by atoms with E-state index in [1.165, 1.54) is 0 Å². The molecule has 0 saturated heterocycles. The van der Waals surface area contributed by atoms with E-state index < -0.39 is 0 Å². The van der Waals surface area contributed by atoms with Gasteiger partial charge in [0.05, 0.1) is 22.7 Å². The van der Waals surface area contributed by atoms with Crippen molar-refractivity contribution in [3.63, 3.8) is 0 Å². The molecule has 8 aromatic carbocycles. The molecule has 0 radical (unpaired) electrons. The van der Waals surface area contributed by atoms with Crippen molar-refractivity contribution in [1.29, 1.82) is 0 Å². The highest BCUT2D eigenvalue weighted by Crippen LogP contribution is 2.45. The van der Waals surface area contributed by atoms with Gasteiger partial charge in [-0.3, -0.25) is 9.80 Å². The smallest absolute Gasteiger partial charge is 0.138 e. The van der Waals surface area contributed by atoms with Crippen molar-refractivity contribution in [2.45, 2.75) is 0 Å². The predicted octanol–water partition coefficient (Wildman–Crippen LogP) is 15.9. The summed E-state index contributed by atoms with van der Waals surface area (Å²) in [6.45, 7) is 0. The first-order chi connectivity index (χ1) is 30.2. The summed E-state index contributed by atoms with van der Waals surface area (Å²) < 4.78 is 15.0. The lowest BCUT2D eigenvalue weighted by atomic mass is 10.1. The molecule has 61 heavy (non-hydrogen) atoms. The molecule has 0 amide bonds. The molecular weight excluding hydrogens is 769 g/mol. The van der Waals surface area contributed by atoms with E-state index in [-0.39, 0.29) is 0 Å². The summed E-state index contributed by atoms with van der Waals surface area (Å²) in [7, 11) is 0. The summed E-state index contributed by atoms with van der Waals surface area (Å²) in [5, 5.41) is 11.1. The van der Waals surface area contributed by atoms with Crippen LogP contribution in [0, 0.1) is 0 Å². The summed E-state index contributed by atoms with van der Waals surface area (Å²) in [5.41, 5.74) is 7.42. The van der Waals surface area contributed by atoms with Crippen LogP contribution in [0.2, 0.25) is 0 Å². The number of furan rings is 2. The molecule has 6 nitrogen and oxygen atoms in total. The van der Waals surface area contributed by atoms with E-state index in [9.17, 15) is 0 Å². The molecule has 0 unspecified atom stereocenters. The topological polar surface area (TPSA) is 58.5 Å². The molecule has 0 aliphatic rings. The Morgan fingerprint density at radius 3 is 1.25 bits per heavy atom. The van der Waals surface area contributed by atoms with Gasteiger partial charge in [-0.2, -0.15) is 0 Å². The van der Waals surface area contributed by atoms with Crippen LogP contribution in [0.15, 0.2) is 203 Å². The minimum Gasteiger partial charge on any atom is -0.456 e. The lowest BCUT2D eigenvalue weighted by Gasteiger charge is -2.26. The van der Waals surface area contributed by atoms with Crippen LogP contribution in [0.1, 0.15) is 0 Å². The van der Waals surface area contributed by atoms with E-state index in [1.54, 1.807) is 11.3 Å². The van der Waals surface area contributed by atoms with Gasteiger partial charge < -0.3 is 8.83 Å². The fraction of sp³-hybridized carbons (Fsp3) is 0. The molecule has 0 aliphatic heterocycles. The number of hydrogen-bond donors (Lipinski definition) is 0. The fourth-order valence-electron chi connectivity index (χ4n) is 9.09. The lowest BCUT2D eigenvalue weighted by Crippen LogP contribution is -2.12. The maximum atomic E-state index is 6.40. The van der Waals surface area contributed by atoms with Crippen molar-refractivity contribution in [3.05, 3.63) is 194 Å².